The van der Waals surface area contributed by atoms with E-state index >= 15 is 0 Å². The molecular formula is C36H54N2O3. The Labute approximate surface area is 248 Å². The number of hydrogen-bond donors (Lipinski definition) is 2. The van der Waals surface area contributed by atoms with E-state index in [2.05, 4.69) is 44.3 Å². The molecule has 0 heterocycles. The zero-order valence-corrected chi connectivity index (χ0v) is 26.4. The second-order valence-corrected chi connectivity index (χ2v) is 15.5. The molecule has 1 aromatic carbocycles. The van der Waals surface area contributed by atoms with Crippen LogP contribution in [0.1, 0.15) is 98.5 Å². The highest BCUT2D eigenvalue weighted by atomic mass is 16.3. The van der Waals surface area contributed by atoms with Gasteiger partial charge in [0.25, 0.3) is 0 Å². The van der Waals surface area contributed by atoms with Crippen LogP contribution in [0.15, 0.2) is 42.0 Å². The van der Waals surface area contributed by atoms with Gasteiger partial charge in [-0.15, -0.1) is 0 Å². The third-order valence-electron chi connectivity index (χ3n) is 11.8. The number of allylic oxidation sites excluding steroid dienone is 1. The van der Waals surface area contributed by atoms with Crippen molar-refractivity contribution < 1.29 is 14.7 Å². The predicted molar refractivity (Wildman–Crippen MR) is 165 cm³/mol. The first-order chi connectivity index (χ1) is 19.3. The van der Waals surface area contributed by atoms with Crippen molar-refractivity contribution in [2.45, 2.75) is 111 Å². The Balaban J connectivity index is 1.32. The first-order valence-corrected chi connectivity index (χ1v) is 16.3. The highest BCUT2D eigenvalue weighted by Gasteiger charge is 2.59. The fraction of sp³-hybridized carbons (Fsp3) is 0.722. The van der Waals surface area contributed by atoms with Gasteiger partial charge in [0, 0.05) is 18.0 Å². The van der Waals surface area contributed by atoms with Crippen molar-refractivity contribution in [1.29, 1.82) is 0 Å². The van der Waals surface area contributed by atoms with Crippen LogP contribution in [0.2, 0.25) is 0 Å². The fourth-order valence-corrected chi connectivity index (χ4v) is 9.77. The van der Waals surface area contributed by atoms with Crippen LogP contribution in [0.25, 0.3) is 0 Å². The van der Waals surface area contributed by atoms with E-state index in [0.29, 0.717) is 30.2 Å². The first kappa shape index (κ1) is 30.3. The molecule has 5 rings (SSSR count). The Kier molecular flexibility index (Phi) is 8.51. The number of rotatable bonds is 7. The van der Waals surface area contributed by atoms with Crippen LogP contribution in [0.5, 0.6) is 0 Å². The summed E-state index contributed by atoms with van der Waals surface area (Å²) >= 11 is 0. The molecule has 0 saturated heterocycles. The molecule has 3 saturated carbocycles. The maximum absolute atomic E-state index is 14.2. The lowest BCUT2D eigenvalue weighted by molar-refractivity contribution is -0.143. The van der Waals surface area contributed by atoms with E-state index < -0.39 is 0 Å². The zero-order valence-electron chi connectivity index (χ0n) is 26.4. The molecule has 0 unspecified atom stereocenters. The number of hydrogen-bond acceptors (Lipinski definition) is 3. The molecule has 0 aromatic heterocycles. The summed E-state index contributed by atoms with van der Waals surface area (Å²) in [7, 11) is 0. The summed E-state index contributed by atoms with van der Waals surface area (Å²) in [4.78, 5) is 29.1. The van der Waals surface area contributed by atoms with Crippen molar-refractivity contribution in [3.8, 4) is 0 Å². The van der Waals surface area contributed by atoms with Gasteiger partial charge in [0.05, 0.1) is 12.6 Å². The molecule has 3 fully saturated rings. The van der Waals surface area contributed by atoms with Gasteiger partial charge >= 0.3 is 0 Å². The summed E-state index contributed by atoms with van der Waals surface area (Å²) in [6.07, 6.45) is 11.8. The summed E-state index contributed by atoms with van der Waals surface area (Å²) in [5, 5.41) is 13.4. The van der Waals surface area contributed by atoms with Crippen molar-refractivity contribution in [2.75, 3.05) is 13.1 Å². The Morgan fingerprint density at radius 1 is 1.05 bits per heavy atom. The van der Waals surface area contributed by atoms with Crippen molar-refractivity contribution in [1.82, 2.24) is 10.2 Å². The predicted octanol–water partition coefficient (Wildman–Crippen LogP) is 6.55. The number of benzene rings is 1. The maximum atomic E-state index is 14.2. The Morgan fingerprint density at radius 2 is 1.78 bits per heavy atom. The third kappa shape index (κ3) is 6.03. The molecule has 0 aliphatic heterocycles. The molecule has 0 bridgehead atoms. The number of fused-ring (bicyclic) bond motifs is 5. The molecular weight excluding hydrogens is 508 g/mol. The Hall–Kier alpha value is -2.14. The van der Waals surface area contributed by atoms with Gasteiger partial charge < -0.3 is 15.3 Å². The number of nitrogens with zero attached hydrogens (tertiary/aromatic N) is 1. The van der Waals surface area contributed by atoms with Crippen molar-refractivity contribution in [3.05, 3.63) is 47.5 Å². The van der Waals surface area contributed by atoms with Crippen LogP contribution in [0.4, 0.5) is 0 Å². The van der Waals surface area contributed by atoms with Crippen LogP contribution in [0.3, 0.4) is 0 Å². The summed E-state index contributed by atoms with van der Waals surface area (Å²) in [5.41, 5.74) is 2.77. The number of carbonyl (C=O) groups is 2. The monoisotopic (exact) mass is 562 g/mol. The Morgan fingerprint density at radius 3 is 2.49 bits per heavy atom. The van der Waals surface area contributed by atoms with Crippen molar-refractivity contribution >= 4 is 11.8 Å². The van der Waals surface area contributed by atoms with E-state index in [9.17, 15) is 14.7 Å². The molecule has 1 aromatic rings. The van der Waals surface area contributed by atoms with E-state index in [4.69, 9.17) is 0 Å². The van der Waals surface area contributed by atoms with Gasteiger partial charge in [-0.25, -0.2) is 0 Å². The van der Waals surface area contributed by atoms with E-state index in [-0.39, 0.29) is 46.7 Å². The smallest absolute Gasteiger partial charge is 0.240 e. The van der Waals surface area contributed by atoms with Gasteiger partial charge in [-0.05, 0) is 119 Å². The quantitative estimate of drug-likeness (QED) is 0.370. The molecule has 226 valence electrons. The standard InChI is InChI=1S/C36H54N2O3/c1-24(33(41)38(23-32(40)37-34(2,3)4)21-18-25-10-8-7-9-11-25)29-14-15-30-28-13-12-26-22-27(39)16-19-35(26,5)31(28)17-20-36(29,30)6/h7-12,24,27-31,39H,13-23H2,1-6H3,(H,37,40)/t24-,27-,28-,29+,30-,31-,35-,36+/m0/s1. The van der Waals surface area contributed by atoms with Crippen molar-refractivity contribution in [3.63, 3.8) is 0 Å². The van der Waals surface area contributed by atoms with E-state index in [1.807, 2.05) is 43.9 Å². The third-order valence-corrected chi connectivity index (χ3v) is 11.8. The second kappa shape index (κ2) is 11.5. The molecule has 4 aliphatic rings. The lowest BCUT2D eigenvalue weighted by Gasteiger charge is -2.58. The number of amides is 2. The fourth-order valence-electron chi connectivity index (χ4n) is 9.77. The highest BCUT2D eigenvalue weighted by Crippen LogP contribution is 2.67. The van der Waals surface area contributed by atoms with Crippen LogP contribution >= 0.6 is 0 Å². The van der Waals surface area contributed by atoms with Crippen LogP contribution in [-0.2, 0) is 16.0 Å². The second-order valence-electron chi connectivity index (χ2n) is 15.5. The molecule has 8 atom stereocenters. The minimum Gasteiger partial charge on any atom is -0.393 e. The number of aliphatic hydroxyl groups is 1. The van der Waals surface area contributed by atoms with Crippen molar-refractivity contribution in [2.24, 2.45) is 40.4 Å². The molecule has 0 radical (unpaired) electrons. The highest BCUT2D eigenvalue weighted by molar-refractivity contribution is 5.86. The van der Waals surface area contributed by atoms with Crippen LogP contribution in [0, 0.1) is 40.4 Å². The average molecular weight is 563 g/mol. The van der Waals surface area contributed by atoms with E-state index in [1.54, 1.807) is 0 Å². The van der Waals surface area contributed by atoms with Gasteiger partial charge in [-0.3, -0.25) is 9.59 Å². The van der Waals surface area contributed by atoms with Gasteiger partial charge in [-0.1, -0.05) is 62.8 Å². The zero-order chi connectivity index (χ0) is 29.6. The Bertz CT molecular complexity index is 1140. The number of aliphatic hydroxyl groups excluding tert-OH is 1. The minimum absolute atomic E-state index is 0.0854. The lowest BCUT2D eigenvalue weighted by Crippen LogP contribution is -2.52. The van der Waals surface area contributed by atoms with Gasteiger partial charge in [0.1, 0.15) is 0 Å². The van der Waals surface area contributed by atoms with Crippen LogP contribution < -0.4 is 5.32 Å². The summed E-state index contributed by atoms with van der Waals surface area (Å²) in [5.74, 6) is 2.31. The molecule has 2 amide bonds. The average Bonchev–Trinajstić information content (AvgIpc) is 3.27. The lowest BCUT2D eigenvalue weighted by atomic mass is 9.47. The summed E-state index contributed by atoms with van der Waals surface area (Å²) in [6.45, 7) is 13.7. The molecule has 2 N–H and O–H groups in total. The SMILES string of the molecule is C[C@H](C(=O)N(CCc1ccccc1)CC(=O)NC(C)(C)C)[C@H]1CC[C@H]2[C@@H]3CC=C4C[C@@H](O)CC[C@]4(C)[C@H]3CC[C@]12C. The topological polar surface area (TPSA) is 69.6 Å². The summed E-state index contributed by atoms with van der Waals surface area (Å²) in [6, 6.07) is 10.3. The number of nitrogens with one attached hydrogen (secondary N) is 1. The summed E-state index contributed by atoms with van der Waals surface area (Å²) < 4.78 is 0. The molecule has 5 heteroatoms. The molecule has 0 spiro atoms. The minimum atomic E-state index is -0.330. The van der Waals surface area contributed by atoms with Gasteiger partial charge in [0.15, 0.2) is 0 Å². The van der Waals surface area contributed by atoms with Gasteiger partial charge in [-0.2, -0.15) is 0 Å². The normalized spacial score (nSPS) is 35.4. The molecule has 4 aliphatic carbocycles. The largest absolute Gasteiger partial charge is 0.393 e. The number of carbonyl (C=O) groups excluding carboxylic acids is 2. The van der Waals surface area contributed by atoms with Gasteiger partial charge in [0.2, 0.25) is 11.8 Å². The van der Waals surface area contributed by atoms with E-state index in [0.717, 1.165) is 38.5 Å². The first-order valence-electron chi connectivity index (χ1n) is 16.3. The van der Waals surface area contributed by atoms with E-state index in [1.165, 1.54) is 30.4 Å². The van der Waals surface area contributed by atoms with Crippen LogP contribution in [-0.4, -0.2) is 46.6 Å². The maximum Gasteiger partial charge on any atom is 0.240 e. The molecule has 5 nitrogen and oxygen atoms in total. The molecule has 41 heavy (non-hydrogen) atoms.